The van der Waals surface area contributed by atoms with E-state index in [4.69, 9.17) is 18.0 Å². The fourth-order valence-electron chi connectivity index (χ4n) is 2.67. The third kappa shape index (κ3) is 4.22. The third-order valence-electron chi connectivity index (χ3n) is 3.73. The molecule has 4 nitrogen and oxygen atoms in total. The van der Waals surface area contributed by atoms with Crippen LogP contribution in [-0.4, -0.2) is 52.0 Å². The number of hydrogen-bond donors (Lipinski definition) is 1. The molecule has 1 unspecified atom stereocenters. The zero-order valence-electron chi connectivity index (χ0n) is 11.8. The van der Waals surface area contributed by atoms with Gasteiger partial charge in [0.2, 0.25) is 0 Å². The lowest BCUT2D eigenvalue weighted by Crippen LogP contribution is -2.53. The first-order chi connectivity index (χ1) is 9.60. The normalized spacial score (nSPS) is 18.9. The molecule has 0 saturated carbocycles. The second-order valence-electron chi connectivity index (χ2n) is 5.15. The molecule has 1 saturated heterocycles. The van der Waals surface area contributed by atoms with E-state index in [0.717, 1.165) is 43.6 Å². The highest BCUT2D eigenvalue weighted by Gasteiger charge is 2.24. The lowest BCUT2D eigenvalue weighted by Gasteiger charge is -2.38. The van der Waals surface area contributed by atoms with Gasteiger partial charge in [0, 0.05) is 49.6 Å². The van der Waals surface area contributed by atoms with Crippen molar-refractivity contribution in [3.63, 3.8) is 0 Å². The number of thiocarbonyl (C=S) groups is 1. The number of rotatable bonds is 5. The quantitative estimate of drug-likeness (QED) is 0.817. The van der Waals surface area contributed by atoms with Gasteiger partial charge in [-0.25, -0.2) is 0 Å². The number of halogens is 1. The van der Waals surface area contributed by atoms with Gasteiger partial charge in [-0.1, -0.05) is 19.1 Å². The molecule has 0 aromatic carbocycles. The first-order valence-corrected chi connectivity index (χ1v) is 8.15. The largest absolute Gasteiger partial charge is 0.392 e. The molecule has 0 spiro atoms. The Morgan fingerprint density at radius 2 is 2.10 bits per heavy atom. The summed E-state index contributed by atoms with van der Waals surface area (Å²) in [6.07, 6.45) is 4.74. The monoisotopic (exact) mass is 356 g/mol. The van der Waals surface area contributed by atoms with Crippen molar-refractivity contribution >= 4 is 33.1 Å². The van der Waals surface area contributed by atoms with Crippen molar-refractivity contribution in [1.82, 2.24) is 14.8 Å². The van der Waals surface area contributed by atoms with Crippen LogP contribution in [0.15, 0.2) is 22.9 Å². The van der Waals surface area contributed by atoms with Gasteiger partial charge < -0.3 is 5.73 Å². The maximum absolute atomic E-state index is 5.82. The minimum Gasteiger partial charge on any atom is -0.392 e. The van der Waals surface area contributed by atoms with E-state index in [1.54, 1.807) is 0 Å². The van der Waals surface area contributed by atoms with Crippen LogP contribution in [0.5, 0.6) is 0 Å². The van der Waals surface area contributed by atoms with Gasteiger partial charge in [0.1, 0.15) is 0 Å². The summed E-state index contributed by atoms with van der Waals surface area (Å²) in [4.78, 5) is 9.69. The van der Waals surface area contributed by atoms with Crippen molar-refractivity contribution in [2.24, 2.45) is 5.73 Å². The van der Waals surface area contributed by atoms with Crippen LogP contribution >= 0.6 is 28.1 Å². The summed E-state index contributed by atoms with van der Waals surface area (Å²) in [5.41, 5.74) is 7.06. The molecule has 2 N–H and O–H groups in total. The van der Waals surface area contributed by atoms with Crippen molar-refractivity contribution in [2.75, 3.05) is 26.2 Å². The molecular formula is C14H21BrN4S. The Hall–Kier alpha value is -0.560. The minimum absolute atomic E-state index is 0.250. The SMILES string of the molecule is CCC(C(N)=S)N1CCN(Cc2cncc(Br)c2)CC1. The smallest absolute Gasteiger partial charge is 0.0901 e. The molecule has 1 aliphatic heterocycles. The standard InChI is InChI=1S/C14H21BrN4S/c1-2-13(14(16)20)19-5-3-18(4-6-19)10-11-7-12(15)9-17-8-11/h7-9,13H,2-6,10H2,1H3,(H2,16,20). The van der Waals surface area contributed by atoms with Crippen LogP contribution in [0, 0.1) is 0 Å². The van der Waals surface area contributed by atoms with Crippen LogP contribution in [0.2, 0.25) is 0 Å². The van der Waals surface area contributed by atoms with Gasteiger partial charge in [0.05, 0.1) is 11.0 Å². The number of piperazine rings is 1. The van der Waals surface area contributed by atoms with Crippen molar-refractivity contribution < 1.29 is 0 Å². The molecule has 0 bridgehead atoms. The third-order valence-corrected chi connectivity index (χ3v) is 4.44. The molecular weight excluding hydrogens is 336 g/mol. The second kappa shape index (κ2) is 7.45. The molecule has 110 valence electrons. The molecule has 1 fully saturated rings. The van der Waals surface area contributed by atoms with Gasteiger partial charge in [-0.15, -0.1) is 0 Å². The predicted molar refractivity (Wildman–Crippen MR) is 89.7 cm³/mol. The average Bonchev–Trinajstić information content (AvgIpc) is 2.41. The van der Waals surface area contributed by atoms with E-state index in [0.29, 0.717) is 4.99 Å². The average molecular weight is 357 g/mol. The maximum Gasteiger partial charge on any atom is 0.0901 e. The zero-order chi connectivity index (χ0) is 14.5. The molecule has 0 amide bonds. The maximum atomic E-state index is 5.82. The minimum atomic E-state index is 0.250. The number of hydrogen-bond acceptors (Lipinski definition) is 4. The summed E-state index contributed by atoms with van der Waals surface area (Å²) in [6.45, 7) is 7.24. The first-order valence-electron chi connectivity index (χ1n) is 6.95. The number of nitrogens with two attached hydrogens (primary N) is 1. The molecule has 6 heteroatoms. The Bertz CT molecular complexity index is 460. The zero-order valence-corrected chi connectivity index (χ0v) is 14.2. The Labute approximate surface area is 134 Å². The Kier molecular flexibility index (Phi) is 5.89. The Morgan fingerprint density at radius 1 is 1.40 bits per heavy atom. The fraction of sp³-hybridized carbons (Fsp3) is 0.571. The van der Waals surface area contributed by atoms with Gasteiger partial charge >= 0.3 is 0 Å². The van der Waals surface area contributed by atoms with Crippen LogP contribution in [-0.2, 0) is 6.54 Å². The van der Waals surface area contributed by atoms with Crippen LogP contribution in [0.25, 0.3) is 0 Å². The van der Waals surface area contributed by atoms with Gasteiger partial charge in [-0.05, 0) is 34.0 Å². The van der Waals surface area contributed by atoms with Gasteiger partial charge in [0.25, 0.3) is 0 Å². The predicted octanol–water partition coefficient (Wildman–Crippen LogP) is 2.03. The number of aromatic nitrogens is 1. The topological polar surface area (TPSA) is 45.4 Å². The molecule has 1 aromatic heterocycles. The van der Waals surface area contributed by atoms with E-state index in [1.807, 2.05) is 12.4 Å². The van der Waals surface area contributed by atoms with Crippen molar-refractivity contribution in [2.45, 2.75) is 25.9 Å². The van der Waals surface area contributed by atoms with Crippen LogP contribution < -0.4 is 5.73 Å². The van der Waals surface area contributed by atoms with Crippen LogP contribution in [0.1, 0.15) is 18.9 Å². The molecule has 20 heavy (non-hydrogen) atoms. The van der Waals surface area contributed by atoms with Gasteiger partial charge in [-0.3, -0.25) is 14.8 Å². The Balaban J connectivity index is 1.86. The van der Waals surface area contributed by atoms with E-state index < -0.39 is 0 Å². The highest BCUT2D eigenvalue weighted by molar-refractivity contribution is 9.10. The fourth-order valence-corrected chi connectivity index (χ4v) is 3.40. The molecule has 2 heterocycles. The molecule has 2 rings (SSSR count). The van der Waals surface area contributed by atoms with Crippen molar-refractivity contribution in [3.8, 4) is 0 Å². The highest BCUT2D eigenvalue weighted by Crippen LogP contribution is 2.14. The highest BCUT2D eigenvalue weighted by atomic mass is 79.9. The first kappa shape index (κ1) is 15.8. The molecule has 1 aliphatic rings. The molecule has 1 aromatic rings. The molecule has 0 radical (unpaired) electrons. The lowest BCUT2D eigenvalue weighted by atomic mass is 10.1. The van der Waals surface area contributed by atoms with Crippen molar-refractivity contribution in [1.29, 1.82) is 0 Å². The van der Waals surface area contributed by atoms with E-state index in [2.05, 4.69) is 43.7 Å². The van der Waals surface area contributed by atoms with Crippen molar-refractivity contribution in [3.05, 3.63) is 28.5 Å². The molecule has 0 aliphatic carbocycles. The summed E-state index contributed by atoms with van der Waals surface area (Å²) in [5.74, 6) is 0. The van der Waals surface area contributed by atoms with Crippen LogP contribution in [0.4, 0.5) is 0 Å². The summed E-state index contributed by atoms with van der Waals surface area (Å²) in [6, 6.07) is 2.38. The summed E-state index contributed by atoms with van der Waals surface area (Å²) >= 11 is 8.62. The number of nitrogens with zero attached hydrogens (tertiary/aromatic N) is 3. The van der Waals surface area contributed by atoms with Gasteiger partial charge in [-0.2, -0.15) is 0 Å². The summed E-state index contributed by atoms with van der Waals surface area (Å²) < 4.78 is 1.04. The second-order valence-corrected chi connectivity index (χ2v) is 6.54. The van der Waals surface area contributed by atoms with Gasteiger partial charge in [0.15, 0.2) is 0 Å². The van der Waals surface area contributed by atoms with E-state index in [1.165, 1.54) is 5.56 Å². The summed E-state index contributed by atoms with van der Waals surface area (Å²) in [5, 5.41) is 0. The lowest BCUT2D eigenvalue weighted by molar-refractivity contribution is 0.111. The van der Waals surface area contributed by atoms with E-state index in [-0.39, 0.29) is 6.04 Å². The Morgan fingerprint density at radius 3 is 2.65 bits per heavy atom. The summed E-state index contributed by atoms with van der Waals surface area (Å²) in [7, 11) is 0. The number of pyridine rings is 1. The molecule has 1 atom stereocenters. The van der Waals surface area contributed by atoms with E-state index in [9.17, 15) is 0 Å². The van der Waals surface area contributed by atoms with E-state index >= 15 is 0 Å². The van der Waals surface area contributed by atoms with Crippen LogP contribution in [0.3, 0.4) is 0 Å².